The molecule has 3 aromatic heterocycles. The summed E-state index contributed by atoms with van der Waals surface area (Å²) in [5.74, 6) is 2.10. The highest BCUT2D eigenvalue weighted by Gasteiger charge is 2.27. The van der Waals surface area contributed by atoms with Crippen molar-refractivity contribution in [2.45, 2.75) is 49.5 Å². The number of thiophene rings is 1. The molecule has 0 aliphatic carbocycles. The zero-order valence-corrected chi connectivity index (χ0v) is 15.2. The lowest BCUT2D eigenvalue weighted by molar-refractivity contribution is 0.321. The van der Waals surface area contributed by atoms with Crippen LogP contribution in [0.3, 0.4) is 0 Å². The molecule has 4 heterocycles. The molecule has 0 atom stereocenters. The largest absolute Gasteiger partial charge is 0.338 e. The van der Waals surface area contributed by atoms with Gasteiger partial charge in [-0.2, -0.15) is 4.98 Å². The number of hydrogen-bond donors (Lipinski definition) is 0. The average Bonchev–Trinajstić information content (AvgIpc) is 3.21. The fraction of sp³-hybridized carbons (Fsp3) is 0.438. The lowest BCUT2D eigenvalue weighted by Gasteiger charge is -2.14. The fourth-order valence-corrected chi connectivity index (χ4v) is 4.92. The van der Waals surface area contributed by atoms with Gasteiger partial charge in [0, 0.05) is 16.0 Å². The Morgan fingerprint density at radius 1 is 1.35 bits per heavy atom. The van der Waals surface area contributed by atoms with E-state index in [0.29, 0.717) is 11.7 Å². The fourth-order valence-electron chi connectivity index (χ4n) is 2.52. The first-order valence-electron chi connectivity index (χ1n) is 7.64. The molecule has 23 heavy (non-hydrogen) atoms. The van der Waals surface area contributed by atoms with E-state index in [1.807, 2.05) is 29.4 Å². The molecule has 0 N–H and O–H groups in total. The molecule has 120 valence electrons. The molecule has 0 bridgehead atoms. The maximum absolute atomic E-state index is 5.42. The van der Waals surface area contributed by atoms with Gasteiger partial charge < -0.3 is 4.52 Å². The van der Waals surface area contributed by atoms with Gasteiger partial charge in [0.15, 0.2) is 0 Å². The van der Waals surface area contributed by atoms with Gasteiger partial charge in [0.1, 0.15) is 12.0 Å². The summed E-state index contributed by atoms with van der Waals surface area (Å²) in [7, 11) is 0. The van der Waals surface area contributed by atoms with Crippen molar-refractivity contribution in [1.82, 2.24) is 19.7 Å². The molecule has 3 aromatic rings. The van der Waals surface area contributed by atoms with E-state index in [0.717, 1.165) is 23.6 Å². The number of thioether (sulfide) groups is 1. The normalized spacial score (nSPS) is 13.9. The summed E-state index contributed by atoms with van der Waals surface area (Å²) in [5, 5.41) is 4.14. The highest BCUT2D eigenvalue weighted by Crippen LogP contribution is 2.43. The maximum Gasteiger partial charge on any atom is 0.232 e. The molecule has 0 amide bonds. The molecule has 0 fully saturated rings. The Morgan fingerprint density at radius 3 is 2.87 bits per heavy atom. The summed E-state index contributed by atoms with van der Waals surface area (Å²) in [6, 6.07) is 2.26. The van der Waals surface area contributed by atoms with E-state index in [9.17, 15) is 0 Å². The molecular formula is C16H18N4OS2. The number of fused-ring (bicyclic) bond motifs is 3. The second-order valence-corrected chi connectivity index (χ2v) is 8.99. The van der Waals surface area contributed by atoms with Gasteiger partial charge in [-0.25, -0.2) is 4.98 Å². The summed E-state index contributed by atoms with van der Waals surface area (Å²) >= 11 is 3.74. The first-order valence-corrected chi connectivity index (χ1v) is 9.44. The summed E-state index contributed by atoms with van der Waals surface area (Å²) in [4.78, 5) is 10.5. The van der Waals surface area contributed by atoms with Gasteiger partial charge in [-0.15, -0.1) is 23.1 Å². The second kappa shape index (κ2) is 5.21. The first-order chi connectivity index (χ1) is 11.0. The molecule has 0 aromatic carbocycles. The highest BCUT2D eigenvalue weighted by atomic mass is 32.2. The predicted molar refractivity (Wildman–Crippen MR) is 92.4 cm³/mol. The van der Waals surface area contributed by atoms with Crippen LogP contribution in [0.5, 0.6) is 0 Å². The molecule has 4 rings (SSSR count). The van der Waals surface area contributed by atoms with Gasteiger partial charge in [-0.05, 0) is 12.5 Å². The van der Waals surface area contributed by atoms with Gasteiger partial charge in [-0.3, -0.25) is 4.57 Å². The van der Waals surface area contributed by atoms with E-state index in [2.05, 4.69) is 53.5 Å². The van der Waals surface area contributed by atoms with E-state index in [1.54, 1.807) is 0 Å². The lowest BCUT2D eigenvalue weighted by atomic mass is 9.97. The van der Waals surface area contributed by atoms with Crippen molar-refractivity contribution in [3.8, 4) is 17.2 Å². The number of aryl methyl sites for hydroxylation is 1. The van der Waals surface area contributed by atoms with Crippen LogP contribution in [-0.4, -0.2) is 19.7 Å². The Bertz CT molecular complexity index is 869. The van der Waals surface area contributed by atoms with Crippen molar-refractivity contribution in [3.63, 3.8) is 0 Å². The topological polar surface area (TPSA) is 56.7 Å². The molecule has 0 saturated heterocycles. The van der Waals surface area contributed by atoms with Crippen molar-refractivity contribution in [1.29, 1.82) is 0 Å². The van der Waals surface area contributed by atoms with Gasteiger partial charge in [-0.1, -0.05) is 32.9 Å². The van der Waals surface area contributed by atoms with Gasteiger partial charge >= 0.3 is 0 Å². The first kappa shape index (κ1) is 15.0. The minimum atomic E-state index is -0.156. The van der Waals surface area contributed by atoms with Crippen LogP contribution in [0.25, 0.3) is 17.2 Å². The van der Waals surface area contributed by atoms with Crippen LogP contribution in [0.1, 0.15) is 44.2 Å². The molecule has 0 spiro atoms. The van der Waals surface area contributed by atoms with Crippen molar-refractivity contribution in [3.05, 3.63) is 28.9 Å². The maximum atomic E-state index is 5.42. The summed E-state index contributed by atoms with van der Waals surface area (Å²) in [6.45, 7) is 8.38. The van der Waals surface area contributed by atoms with Crippen molar-refractivity contribution in [2.75, 3.05) is 0 Å². The second-order valence-electron chi connectivity index (χ2n) is 6.61. The Kier molecular flexibility index (Phi) is 3.39. The molecular weight excluding hydrogens is 328 g/mol. The Morgan fingerprint density at radius 2 is 2.17 bits per heavy atom. The number of imidazole rings is 1. The Balaban J connectivity index is 1.78. The van der Waals surface area contributed by atoms with E-state index < -0.39 is 0 Å². The van der Waals surface area contributed by atoms with Crippen LogP contribution < -0.4 is 0 Å². The third-order valence-corrected chi connectivity index (χ3v) is 6.38. The van der Waals surface area contributed by atoms with Crippen molar-refractivity contribution in [2.24, 2.45) is 0 Å². The van der Waals surface area contributed by atoms with Crippen LogP contribution >= 0.6 is 23.1 Å². The average molecular weight is 346 g/mol. The highest BCUT2D eigenvalue weighted by molar-refractivity contribution is 8.00. The number of hydrogen-bond acceptors (Lipinski definition) is 6. The van der Waals surface area contributed by atoms with E-state index in [4.69, 9.17) is 4.52 Å². The van der Waals surface area contributed by atoms with Crippen LogP contribution in [0.2, 0.25) is 0 Å². The molecule has 5 nitrogen and oxygen atoms in total. The smallest absolute Gasteiger partial charge is 0.232 e. The third kappa shape index (κ3) is 2.42. The number of rotatable bonds is 2. The summed E-state index contributed by atoms with van der Waals surface area (Å²) in [5.41, 5.74) is 3.04. The van der Waals surface area contributed by atoms with Crippen LogP contribution in [0.15, 0.2) is 21.1 Å². The van der Waals surface area contributed by atoms with E-state index >= 15 is 0 Å². The third-order valence-electron chi connectivity index (χ3n) is 3.82. The molecule has 1 aliphatic rings. The minimum Gasteiger partial charge on any atom is -0.338 e. The van der Waals surface area contributed by atoms with Crippen molar-refractivity contribution >= 4 is 23.1 Å². The quantitative estimate of drug-likeness (QED) is 0.686. The SMILES string of the molecule is CCc1cc2c(s1)SCc1c(-c3noc(C(C)(C)C)n3)ncn1-2. The van der Waals surface area contributed by atoms with Crippen molar-refractivity contribution < 1.29 is 4.52 Å². The van der Waals surface area contributed by atoms with Gasteiger partial charge in [0.2, 0.25) is 11.7 Å². The summed E-state index contributed by atoms with van der Waals surface area (Å²) < 4.78 is 8.95. The Hall–Kier alpha value is -1.60. The van der Waals surface area contributed by atoms with E-state index in [-0.39, 0.29) is 5.41 Å². The van der Waals surface area contributed by atoms with Crippen LogP contribution in [-0.2, 0) is 17.6 Å². The number of nitrogens with zero attached hydrogens (tertiary/aromatic N) is 4. The lowest BCUT2D eigenvalue weighted by Crippen LogP contribution is -2.11. The molecule has 1 aliphatic heterocycles. The predicted octanol–water partition coefficient (Wildman–Crippen LogP) is 4.45. The van der Waals surface area contributed by atoms with Crippen LogP contribution in [0, 0.1) is 0 Å². The van der Waals surface area contributed by atoms with Crippen LogP contribution in [0.4, 0.5) is 0 Å². The van der Waals surface area contributed by atoms with Gasteiger partial charge in [0.25, 0.3) is 0 Å². The molecule has 0 radical (unpaired) electrons. The van der Waals surface area contributed by atoms with Gasteiger partial charge in [0.05, 0.1) is 15.6 Å². The zero-order valence-electron chi connectivity index (χ0n) is 13.6. The zero-order chi connectivity index (χ0) is 16.2. The van der Waals surface area contributed by atoms with E-state index in [1.165, 1.54) is 14.8 Å². The summed E-state index contributed by atoms with van der Waals surface area (Å²) in [6.07, 6.45) is 2.94. The monoisotopic (exact) mass is 346 g/mol. The number of aromatic nitrogens is 4. The molecule has 7 heteroatoms. The molecule has 0 saturated carbocycles. The standard InChI is InChI=1S/C16H18N4OS2/c1-5-9-6-10-14(23-9)22-7-11-12(17-8-20(10)11)13-18-15(21-19-13)16(2,3)4/h6,8H,5,7H2,1-4H3. The minimum absolute atomic E-state index is 0.156. The molecule has 0 unspecified atom stereocenters. The Labute approximate surface area is 143 Å².